The molecule has 0 aliphatic carbocycles. The largest absolute Gasteiger partial charge is 0.467 e. The van der Waals surface area contributed by atoms with Gasteiger partial charge in [-0.15, -0.1) is 0 Å². The summed E-state index contributed by atoms with van der Waals surface area (Å²) in [6.45, 7) is 0.135. The monoisotopic (exact) mass is 348 g/mol. The van der Waals surface area contributed by atoms with Gasteiger partial charge in [-0.25, -0.2) is 0 Å². The molecular formula is C17H17ClN2O4. The molecule has 2 aromatic rings. The molecule has 126 valence electrons. The van der Waals surface area contributed by atoms with E-state index in [1.54, 1.807) is 49.7 Å². The van der Waals surface area contributed by atoms with Gasteiger partial charge < -0.3 is 19.4 Å². The van der Waals surface area contributed by atoms with E-state index in [1.807, 2.05) is 0 Å². The van der Waals surface area contributed by atoms with E-state index in [4.69, 9.17) is 20.8 Å². The molecule has 7 heteroatoms. The molecule has 1 N–H and O–H groups in total. The Labute approximate surface area is 144 Å². The van der Waals surface area contributed by atoms with Crippen molar-refractivity contribution in [3.8, 4) is 0 Å². The molecule has 0 radical (unpaired) electrons. The molecule has 0 saturated carbocycles. The van der Waals surface area contributed by atoms with Crippen LogP contribution in [0.5, 0.6) is 0 Å². The van der Waals surface area contributed by atoms with Crippen molar-refractivity contribution in [1.82, 2.24) is 10.2 Å². The second kappa shape index (κ2) is 7.07. The van der Waals surface area contributed by atoms with E-state index in [9.17, 15) is 9.59 Å². The molecule has 1 aliphatic heterocycles. The van der Waals surface area contributed by atoms with Crippen LogP contribution in [0, 0.1) is 0 Å². The van der Waals surface area contributed by atoms with E-state index in [-0.39, 0.29) is 25.0 Å². The summed E-state index contributed by atoms with van der Waals surface area (Å²) in [4.78, 5) is 26.1. The molecule has 0 unspecified atom stereocenters. The molecule has 2 atom stereocenters. The predicted molar refractivity (Wildman–Crippen MR) is 87.3 cm³/mol. The van der Waals surface area contributed by atoms with Gasteiger partial charge in [-0.2, -0.15) is 0 Å². The number of amides is 2. The maximum Gasteiger partial charge on any atom is 0.252 e. The third-order valence-electron chi connectivity index (χ3n) is 3.97. The number of hydrogen-bond donors (Lipinski definition) is 1. The summed E-state index contributed by atoms with van der Waals surface area (Å²) in [6.07, 6.45) is 0.741. The molecule has 2 amide bonds. The number of nitrogens with one attached hydrogen (secondary N) is 1. The van der Waals surface area contributed by atoms with Crippen molar-refractivity contribution in [2.45, 2.75) is 18.7 Å². The molecule has 1 saturated heterocycles. The minimum atomic E-state index is -0.802. The fraction of sp³-hybridized carbons (Fsp3) is 0.294. The first-order valence-corrected chi connectivity index (χ1v) is 7.87. The van der Waals surface area contributed by atoms with Crippen LogP contribution in [-0.2, 0) is 20.9 Å². The molecule has 1 aromatic carbocycles. The van der Waals surface area contributed by atoms with Gasteiger partial charge in [-0.1, -0.05) is 23.7 Å². The van der Waals surface area contributed by atoms with Gasteiger partial charge >= 0.3 is 0 Å². The Bertz CT molecular complexity index is 715. The summed E-state index contributed by atoms with van der Waals surface area (Å²) in [5, 5.41) is 3.37. The van der Waals surface area contributed by atoms with Crippen molar-refractivity contribution >= 4 is 23.4 Å². The van der Waals surface area contributed by atoms with Crippen LogP contribution in [0.1, 0.15) is 17.4 Å². The highest BCUT2D eigenvalue weighted by Gasteiger charge is 2.39. The van der Waals surface area contributed by atoms with Crippen LogP contribution < -0.4 is 5.32 Å². The fourth-order valence-corrected chi connectivity index (χ4v) is 2.80. The predicted octanol–water partition coefficient (Wildman–Crippen LogP) is 2.15. The molecule has 0 bridgehead atoms. The highest BCUT2D eigenvalue weighted by molar-refractivity contribution is 6.30. The molecule has 0 spiro atoms. The summed E-state index contributed by atoms with van der Waals surface area (Å²) in [5.74, 6) is 0.169. The number of ether oxygens (including phenoxy) is 1. The van der Waals surface area contributed by atoms with Gasteiger partial charge in [0.05, 0.1) is 18.8 Å². The molecule has 3 rings (SSSR count). The minimum absolute atomic E-state index is 0.126. The third kappa shape index (κ3) is 3.44. The third-order valence-corrected chi connectivity index (χ3v) is 4.22. The number of morpholine rings is 1. The molecule has 1 fully saturated rings. The van der Waals surface area contributed by atoms with Crippen LogP contribution in [0.3, 0.4) is 0 Å². The number of likely N-dealkylation sites (N-methyl/N-ethyl adjacent to an activating group) is 1. The average molecular weight is 349 g/mol. The van der Waals surface area contributed by atoms with Gasteiger partial charge in [-0.05, 0) is 29.8 Å². The van der Waals surface area contributed by atoms with E-state index in [0.717, 1.165) is 5.56 Å². The maximum atomic E-state index is 12.6. The zero-order valence-electron chi connectivity index (χ0n) is 13.1. The highest BCUT2D eigenvalue weighted by Crippen LogP contribution is 2.30. The lowest BCUT2D eigenvalue weighted by atomic mass is 9.97. The summed E-state index contributed by atoms with van der Waals surface area (Å²) in [7, 11) is 1.66. The van der Waals surface area contributed by atoms with Crippen LogP contribution in [0.15, 0.2) is 47.1 Å². The normalized spacial score (nSPS) is 20.9. The van der Waals surface area contributed by atoms with E-state index in [2.05, 4.69) is 5.32 Å². The van der Waals surface area contributed by atoms with Crippen molar-refractivity contribution in [2.75, 3.05) is 13.7 Å². The van der Waals surface area contributed by atoms with E-state index in [1.165, 1.54) is 4.90 Å². The lowest BCUT2D eigenvalue weighted by Crippen LogP contribution is -2.52. The van der Waals surface area contributed by atoms with E-state index in [0.29, 0.717) is 10.8 Å². The van der Waals surface area contributed by atoms with Gasteiger partial charge in [0.2, 0.25) is 5.91 Å². The second-order valence-corrected chi connectivity index (χ2v) is 5.97. The SMILES string of the molecule is CN1C(=O)CO[C@H](C(=O)NCc2ccco2)[C@@H]1c1ccc(Cl)cc1. The van der Waals surface area contributed by atoms with Crippen LogP contribution in [0.25, 0.3) is 0 Å². The van der Waals surface area contributed by atoms with E-state index >= 15 is 0 Å². The molecule has 2 heterocycles. The summed E-state index contributed by atoms with van der Waals surface area (Å²) in [5.41, 5.74) is 0.785. The Morgan fingerprint density at radius 1 is 1.33 bits per heavy atom. The molecular weight excluding hydrogens is 332 g/mol. The summed E-state index contributed by atoms with van der Waals surface area (Å²) < 4.78 is 10.7. The van der Waals surface area contributed by atoms with Gasteiger partial charge in [0.1, 0.15) is 12.4 Å². The van der Waals surface area contributed by atoms with Crippen molar-refractivity contribution in [3.63, 3.8) is 0 Å². The smallest absolute Gasteiger partial charge is 0.252 e. The number of furan rings is 1. The maximum absolute atomic E-state index is 12.6. The number of rotatable bonds is 4. The zero-order chi connectivity index (χ0) is 17.1. The number of benzene rings is 1. The Morgan fingerprint density at radius 2 is 2.08 bits per heavy atom. The lowest BCUT2D eigenvalue weighted by Gasteiger charge is -2.38. The highest BCUT2D eigenvalue weighted by atomic mass is 35.5. The number of carbonyl (C=O) groups is 2. The van der Waals surface area contributed by atoms with Gasteiger partial charge in [0, 0.05) is 12.1 Å². The molecule has 24 heavy (non-hydrogen) atoms. The molecule has 1 aliphatic rings. The van der Waals surface area contributed by atoms with Crippen molar-refractivity contribution in [1.29, 1.82) is 0 Å². The second-order valence-electron chi connectivity index (χ2n) is 5.53. The van der Waals surface area contributed by atoms with Crippen molar-refractivity contribution in [2.24, 2.45) is 0 Å². The first-order valence-electron chi connectivity index (χ1n) is 7.49. The Hall–Kier alpha value is -2.31. The number of hydrogen-bond acceptors (Lipinski definition) is 4. The standard InChI is InChI=1S/C17H17ClN2O4/c1-20-14(21)10-24-16(15(20)11-4-6-12(18)7-5-11)17(22)19-9-13-3-2-8-23-13/h2-8,15-16H,9-10H2,1H3,(H,19,22)/t15-,16-/m0/s1. The zero-order valence-corrected chi connectivity index (χ0v) is 13.8. The number of nitrogens with zero attached hydrogens (tertiary/aromatic N) is 1. The van der Waals surface area contributed by atoms with Gasteiger partial charge in [0.15, 0.2) is 6.10 Å². The van der Waals surface area contributed by atoms with Crippen LogP contribution >= 0.6 is 11.6 Å². The van der Waals surface area contributed by atoms with Crippen LogP contribution in [0.4, 0.5) is 0 Å². The minimum Gasteiger partial charge on any atom is -0.467 e. The Morgan fingerprint density at radius 3 is 2.75 bits per heavy atom. The van der Waals surface area contributed by atoms with Crippen molar-refractivity contribution in [3.05, 3.63) is 59.0 Å². The first kappa shape index (κ1) is 16.5. The summed E-state index contributed by atoms with van der Waals surface area (Å²) in [6, 6.07) is 10.0. The fourth-order valence-electron chi connectivity index (χ4n) is 2.68. The topological polar surface area (TPSA) is 71.8 Å². The number of halogens is 1. The van der Waals surface area contributed by atoms with Gasteiger partial charge in [0.25, 0.3) is 5.91 Å². The average Bonchev–Trinajstić information content (AvgIpc) is 3.09. The molecule has 6 nitrogen and oxygen atoms in total. The first-order chi connectivity index (χ1) is 11.6. The van der Waals surface area contributed by atoms with Crippen LogP contribution in [0.2, 0.25) is 5.02 Å². The summed E-state index contributed by atoms with van der Waals surface area (Å²) >= 11 is 5.92. The Kier molecular flexibility index (Phi) is 4.87. The number of carbonyl (C=O) groups excluding carboxylic acids is 2. The van der Waals surface area contributed by atoms with Crippen LogP contribution in [-0.4, -0.2) is 36.5 Å². The Balaban J connectivity index is 1.79. The quantitative estimate of drug-likeness (QED) is 0.919. The van der Waals surface area contributed by atoms with Gasteiger partial charge in [-0.3, -0.25) is 9.59 Å². The van der Waals surface area contributed by atoms with E-state index < -0.39 is 12.1 Å². The van der Waals surface area contributed by atoms with Crippen molar-refractivity contribution < 1.29 is 18.7 Å². The molecule has 1 aromatic heterocycles. The lowest BCUT2D eigenvalue weighted by molar-refractivity contribution is -0.162.